The molecule has 0 aliphatic carbocycles. The number of halogens is 1. The molecule has 3 heterocycles. The largest absolute Gasteiger partial charge is 0.493 e. The monoisotopic (exact) mass is 459 g/mol. The van der Waals surface area contributed by atoms with E-state index in [1.807, 2.05) is 0 Å². The van der Waals surface area contributed by atoms with Gasteiger partial charge in [0.2, 0.25) is 0 Å². The number of aromatic nitrogens is 2. The van der Waals surface area contributed by atoms with Gasteiger partial charge < -0.3 is 24.8 Å². The molecule has 9 heteroatoms. The van der Waals surface area contributed by atoms with Gasteiger partial charge in [0.1, 0.15) is 11.6 Å². The third kappa shape index (κ3) is 5.63. The van der Waals surface area contributed by atoms with Gasteiger partial charge in [-0.25, -0.2) is 4.39 Å². The Bertz CT molecular complexity index is 942. The molecule has 180 valence electrons. The molecule has 8 nitrogen and oxygen atoms in total. The minimum atomic E-state index is -0.564. The lowest BCUT2D eigenvalue weighted by Gasteiger charge is -2.30. The molecule has 4 rings (SSSR count). The van der Waals surface area contributed by atoms with E-state index in [-0.39, 0.29) is 23.6 Å². The highest BCUT2D eigenvalue weighted by atomic mass is 19.1. The number of benzene rings is 1. The van der Waals surface area contributed by atoms with E-state index in [4.69, 9.17) is 15.0 Å². The van der Waals surface area contributed by atoms with Crippen molar-refractivity contribution in [3.05, 3.63) is 35.4 Å². The van der Waals surface area contributed by atoms with E-state index in [1.54, 1.807) is 6.07 Å². The van der Waals surface area contributed by atoms with E-state index in [0.717, 1.165) is 57.4 Å². The summed E-state index contributed by atoms with van der Waals surface area (Å²) in [6.07, 6.45) is 5.37. The van der Waals surface area contributed by atoms with Crippen LogP contribution in [0.3, 0.4) is 0 Å². The maximum Gasteiger partial charge on any atom is 0.324 e. The molecule has 1 amide bonds. The number of rotatable bonds is 8. The lowest BCUT2D eigenvalue weighted by molar-refractivity contribution is 0.0735. The molecule has 1 aromatic carbocycles. The third-order valence-electron chi connectivity index (χ3n) is 6.59. The van der Waals surface area contributed by atoms with E-state index in [1.165, 1.54) is 17.0 Å². The number of hydrogen-bond acceptors (Lipinski definition) is 7. The Morgan fingerprint density at radius 1 is 1.27 bits per heavy atom. The normalized spacial score (nSPS) is 19.5. The Balaban J connectivity index is 1.18. The molecule has 2 N–H and O–H groups in total. The molecule has 1 unspecified atom stereocenters. The fourth-order valence-electron chi connectivity index (χ4n) is 4.52. The molecule has 0 radical (unpaired) electrons. The highest BCUT2D eigenvalue weighted by molar-refractivity contribution is 5.95. The Labute approximate surface area is 194 Å². The number of nitrogens with zero attached hydrogens (tertiary/aromatic N) is 4. The van der Waals surface area contributed by atoms with E-state index in [0.29, 0.717) is 30.8 Å². The van der Waals surface area contributed by atoms with Gasteiger partial charge in [-0.3, -0.25) is 4.79 Å². The molecule has 2 aliphatic heterocycles. The first-order valence-electron chi connectivity index (χ1n) is 12.0. The van der Waals surface area contributed by atoms with Gasteiger partial charge in [-0.05, 0) is 56.6 Å². The topological polar surface area (TPSA) is 97.7 Å². The number of anilines is 1. The van der Waals surface area contributed by atoms with Gasteiger partial charge in [0.25, 0.3) is 5.91 Å². The molecule has 2 fully saturated rings. The maximum atomic E-state index is 14.5. The van der Waals surface area contributed by atoms with E-state index < -0.39 is 5.82 Å². The van der Waals surface area contributed by atoms with Crippen LogP contribution in [0, 0.1) is 11.7 Å². The van der Waals surface area contributed by atoms with Crippen LogP contribution in [0.5, 0.6) is 5.75 Å². The van der Waals surface area contributed by atoms with Crippen LogP contribution in [-0.4, -0.2) is 53.4 Å². The molecular weight excluding hydrogens is 425 g/mol. The summed E-state index contributed by atoms with van der Waals surface area (Å²) in [6.45, 7) is 7.01. The summed E-state index contributed by atoms with van der Waals surface area (Å²) in [6, 6.07) is 5.07. The van der Waals surface area contributed by atoms with Crippen molar-refractivity contribution in [1.82, 2.24) is 15.0 Å². The smallest absolute Gasteiger partial charge is 0.324 e. The predicted octanol–water partition coefficient (Wildman–Crippen LogP) is 3.93. The van der Waals surface area contributed by atoms with Crippen LogP contribution in [0.4, 0.5) is 10.4 Å². The van der Waals surface area contributed by atoms with Crippen molar-refractivity contribution in [2.75, 3.05) is 31.1 Å². The number of likely N-dealkylation sites (tertiary alicyclic amines) is 1. The molecule has 1 atom stereocenters. The zero-order valence-corrected chi connectivity index (χ0v) is 19.5. The van der Waals surface area contributed by atoms with E-state index >= 15 is 0 Å². The number of ether oxygens (including phenoxy) is 1. The maximum absolute atomic E-state index is 14.5. The molecule has 0 bridgehead atoms. The molecule has 0 spiro atoms. The first-order valence-corrected chi connectivity index (χ1v) is 12.0. The van der Waals surface area contributed by atoms with Crippen LogP contribution in [-0.2, 0) is 0 Å². The van der Waals surface area contributed by atoms with Crippen LogP contribution < -0.4 is 15.4 Å². The summed E-state index contributed by atoms with van der Waals surface area (Å²) in [5, 5.41) is 4.05. The molecule has 2 aliphatic rings. The quantitative estimate of drug-likeness (QED) is 0.597. The van der Waals surface area contributed by atoms with E-state index in [9.17, 15) is 9.18 Å². The van der Waals surface area contributed by atoms with Crippen LogP contribution in [0.25, 0.3) is 0 Å². The van der Waals surface area contributed by atoms with Crippen LogP contribution in [0.15, 0.2) is 22.7 Å². The highest BCUT2D eigenvalue weighted by Gasteiger charge is 2.28. The number of carbonyl (C=O) groups excluding carboxylic acids is 1. The van der Waals surface area contributed by atoms with Crippen molar-refractivity contribution in [3.8, 4) is 5.75 Å². The van der Waals surface area contributed by atoms with Crippen LogP contribution in [0.1, 0.15) is 74.5 Å². The summed E-state index contributed by atoms with van der Waals surface area (Å²) in [7, 11) is 0. The third-order valence-corrected chi connectivity index (χ3v) is 6.59. The molecule has 0 saturated carbocycles. The van der Waals surface area contributed by atoms with Crippen LogP contribution in [0.2, 0.25) is 0 Å². The summed E-state index contributed by atoms with van der Waals surface area (Å²) in [5.74, 6) is 1.16. The molecule has 33 heavy (non-hydrogen) atoms. The second-order valence-corrected chi connectivity index (χ2v) is 9.36. The SMILES string of the molecule is CC(C)c1noc(N2CCC(CCCOc3ccc(C(=O)N4CCCC4N)c(F)c3)CC2)n1. The Hall–Kier alpha value is -2.68. The average Bonchev–Trinajstić information content (AvgIpc) is 3.46. The fraction of sp³-hybridized carbons (Fsp3) is 0.625. The van der Waals surface area contributed by atoms with Crippen molar-refractivity contribution < 1.29 is 18.4 Å². The highest BCUT2D eigenvalue weighted by Crippen LogP contribution is 2.27. The second-order valence-electron chi connectivity index (χ2n) is 9.36. The molecular formula is C24H34FN5O3. The van der Waals surface area contributed by atoms with Crippen molar-refractivity contribution in [3.63, 3.8) is 0 Å². The lowest BCUT2D eigenvalue weighted by atomic mass is 9.92. The number of amides is 1. The Kier molecular flexibility index (Phi) is 7.47. The Morgan fingerprint density at radius 3 is 2.70 bits per heavy atom. The van der Waals surface area contributed by atoms with Gasteiger partial charge in [0, 0.05) is 31.6 Å². The second kappa shape index (κ2) is 10.5. The first-order chi connectivity index (χ1) is 15.9. The fourth-order valence-corrected chi connectivity index (χ4v) is 4.52. The van der Waals surface area contributed by atoms with Crippen molar-refractivity contribution in [2.45, 2.75) is 64.5 Å². The zero-order chi connectivity index (χ0) is 23.4. The number of piperidine rings is 1. The van der Waals surface area contributed by atoms with Crippen molar-refractivity contribution in [1.29, 1.82) is 0 Å². The summed E-state index contributed by atoms with van der Waals surface area (Å²) < 4.78 is 25.7. The molecule has 1 aromatic heterocycles. The van der Waals surface area contributed by atoms with Gasteiger partial charge in [0.15, 0.2) is 5.82 Å². The summed E-state index contributed by atoms with van der Waals surface area (Å²) in [4.78, 5) is 20.7. The van der Waals surface area contributed by atoms with Gasteiger partial charge >= 0.3 is 6.01 Å². The number of carbonyl (C=O) groups is 1. The minimum absolute atomic E-state index is 0.0493. The van der Waals surface area contributed by atoms with Crippen molar-refractivity contribution >= 4 is 11.9 Å². The van der Waals surface area contributed by atoms with Gasteiger partial charge in [-0.2, -0.15) is 4.98 Å². The molecule has 2 saturated heterocycles. The van der Waals surface area contributed by atoms with Crippen LogP contribution >= 0.6 is 0 Å². The van der Waals surface area contributed by atoms with E-state index in [2.05, 4.69) is 28.9 Å². The average molecular weight is 460 g/mol. The number of hydrogen-bond donors (Lipinski definition) is 1. The first kappa shape index (κ1) is 23.5. The van der Waals surface area contributed by atoms with Gasteiger partial charge in [-0.1, -0.05) is 19.0 Å². The number of nitrogens with two attached hydrogens (primary N) is 1. The van der Waals surface area contributed by atoms with Gasteiger partial charge in [-0.15, -0.1) is 0 Å². The summed E-state index contributed by atoms with van der Waals surface area (Å²) in [5.41, 5.74) is 5.98. The standard InChI is InChI=1S/C24H34FN5O3/c1-16(2)22-27-24(33-28-22)29-12-9-17(10-13-29)5-4-14-32-18-7-8-19(20(25)15-18)23(31)30-11-3-6-21(30)26/h7-8,15-17,21H,3-6,9-14,26H2,1-2H3. The van der Waals surface area contributed by atoms with Crippen molar-refractivity contribution in [2.24, 2.45) is 11.7 Å². The predicted molar refractivity (Wildman–Crippen MR) is 123 cm³/mol. The summed E-state index contributed by atoms with van der Waals surface area (Å²) >= 11 is 0. The Morgan fingerprint density at radius 2 is 2.06 bits per heavy atom. The lowest BCUT2D eigenvalue weighted by Crippen LogP contribution is -2.41. The minimum Gasteiger partial charge on any atom is -0.493 e. The molecule has 2 aromatic rings. The zero-order valence-electron chi connectivity index (χ0n) is 19.5. The van der Waals surface area contributed by atoms with Gasteiger partial charge in [0.05, 0.1) is 18.3 Å².